The third-order valence-corrected chi connectivity index (χ3v) is 5.62. The van der Waals surface area contributed by atoms with Gasteiger partial charge in [0.1, 0.15) is 11.9 Å². The van der Waals surface area contributed by atoms with Gasteiger partial charge >= 0.3 is 0 Å². The van der Waals surface area contributed by atoms with Gasteiger partial charge in [0, 0.05) is 29.9 Å². The van der Waals surface area contributed by atoms with Gasteiger partial charge in [0.05, 0.1) is 11.0 Å². The lowest BCUT2D eigenvalue weighted by molar-refractivity contribution is 0.0949. The predicted molar refractivity (Wildman–Crippen MR) is 117 cm³/mol. The van der Waals surface area contributed by atoms with E-state index in [0.29, 0.717) is 24.1 Å². The molecule has 0 aliphatic heterocycles. The van der Waals surface area contributed by atoms with E-state index in [1.165, 1.54) is 6.07 Å². The van der Waals surface area contributed by atoms with Crippen molar-refractivity contribution < 1.29 is 9.59 Å². The molecule has 0 spiro atoms. The summed E-state index contributed by atoms with van der Waals surface area (Å²) in [6.07, 6.45) is 3.60. The molecular formula is C24H20N4O3. The second-order valence-electron chi connectivity index (χ2n) is 7.63. The molecule has 0 atom stereocenters. The summed E-state index contributed by atoms with van der Waals surface area (Å²) in [6.45, 7) is 0.272. The topological polar surface area (TPSA) is 96.9 Å². The van der Waals surface area contributed by atoms with Gasteiger partial charge in [-0.05, 0) is 48.7 Å². The van der Waals surface area contributed by atoms with Crippen LogP contribution in [0.5, 0.6) is 0 Å². The summed E-state index contributed by atoms with van der Waals surface area (Å²) in [6, 6.07) is 17.1. The number of hydrogen-bond acceptors (Lipinski definition) is 4. The summed E-state index contributed by atoms with van der Waals surface area (Å²) in [5.41, 5.74) is 4.38. The molecule has 4 aromatic rings. The number of nitrogens with one attached hydrogen (secondary N) is 2. The molecule has 1 amide bonds. The van der Waals surface area contributed by atoms with Crippen molar-refractivity contribution >= 4 is 22.7 Å². The number of ketones is 1. The number of para-hydroxylation sites is 2. The third kappa shape index (κ3) is 3.54. The lowest BCUT2D eigenvalue weighted by Gasteiger charge is -2.15. The molecule has 1 aliphatic rings. The van der Waals surface area contributed by atoms with E-state index in [0.717, 1.165) is 28.7 Å². The van der Waals surface area contributed by atoms with Crippen LogP contribution in [0.25, 0.3) is 16.7 Å². The van der Waals surface area contributed by atoms with Crippen LogP contribution in [0.2, 0.25) is 0 Å². The zero-order valence-electron chi connectivity index (χ0n) is 16.7. The fourth-order valence-corrected chi connectivity index (χ4v) is 3.96. The van der Waals surface area contributed by atoms with Gasteiger partial charge in [0.25, 0.3) is 11.5 Å². The minimum absolute atomic E-state index is 0.0319. The second-order valence-corrected chi connectivity index (χ2v) is 7.63. The monoisotopic (exact) mass is 412 g/mol. The molecule has 5 rings (SSSR count). The van der Waals surface area contributed by atoms with Crippen LogP contribution in [0.15, 0.2) is 65.7 Å². The molecule has 7 heteroatoms. The van der Waals surface area contributed by atoms with E-state index in [1.807, 2.05) is 53.1 Å². The molecule has 1 aliphatic carbocycles. The number of rotatable bonds is 4. The molecule has 0 bridgehead atoms. The Kier molecular flexibility index (Phi) is 4.71. The molecule has 0 saturated carbocycles. The first-order valence-electron chi connectivity index (χ1n) is 10.2. The number of hydrogen-bond donors (Lipinski definition) is 2. The summed E-state index contributed by atoms with van der Waals surface area (Å²) < 4.78 is 2.00. The Morgan fingerprint density at radius 3 is 2.71 bits per heavy atom. The average Bonchev–Trinajstić information content (AvgIpc) is 3.22. The maximum Gasteiger partial charge on any atom is 0.261 e. The average molecular weight is 412 g/mol. The van der Waals surface area contributed by atoms with Crippen molar-refractivity contribution in [1.29, 1.82) is 0 Å². The van der Waals surface area contributed by atoms with E-state index in [4.69, 9.17) is 0 Å². The molecular weight excluding hydrogens is 392 g/mol. The van der Waals surface area contributed by atoms with Crippen molar-refractivity contribution in [3.63, 3.8) is 0 Å². The molecule has 0 unspecified atom stereocenters. The van der Waals surface area contributed by atoms with Crippen LogP contribution in [-0.2, 0) is 13.0 Å². The van der Waals surface area contributed by atoms with E-state index >= 15 is 0 Å². The Hall–Kier alpha value is -4.00. The molecule has 31 heavy (non-hydrogen) atoms. The number of imidazole rings is 1. The number of benzene rings is 2. The van der Waals surface area contributed by atoms with Gasteiger partial charge in [-0.2, -0.15) is 0 Å². The van der Waals surface area contributed by atoms with E-state index in [9.17, 15) is 14.4 Å². The summed E-state index contributed by atoms with van der Waals surface area (Å²) in [7, 11) is 0. The molecule has 154 valence electrons. The number of fused-ring (bicyclic) bond motifs is 2. The Labute approximate surface area is 177 Å². The minimum atomic E-state index is -0.493. The third-order valence-electron chi connectivity index (χ3n) is 5.62. The number of carbonyl (C=O) groups excluding carboxylic acids is 2. The van der Waals surface area contributed by atoms with Crippen LogP contribution >= 0.6 is 0 Å². The van der Waals surface area contributed by atoms with Gasteiger partial charge in [0.15, 0.2) is 5.78 Å². The van der Waals surface area contributed by atoms with Crippen LogP contribution in [0.4, 0.5) is 0 Å². The van der Waals surface area contributed by atoms with E-state index in [2.05, 4.69) is 15.3 Å². The van der Waals surface area contributed by atoms with Crippen molar-refractivity contribution in [2.45, 2.75) is 25.8 Å². The van der Waals surface area contributed by atoms with Gasteiger partial charge in [-0.1, -0.05) is 24.3 Å². The molecule has 2 heterocycles. The fourth-order valence-electron chi connectivity index (χ4n) is 3.96. The Morgan fingerprint density at radius 2 is 1.87 bits per heavy atom. The van der Waals surface area contributed by atoms with Gasteiger partial charge in [-0.25, -0.2) is 4.98 Å². The van der Waals surface area contributed by atoms with Crippen molar-refractivity contribution in [3.8, 4) is 5.69 Å². The number of nitrogens with zero attached hydrogens (tertiary/aromatic N) is 2. The minimum Gasteiger partial charge on any atom is -0.348 e. The van der Waals surface area contributed by atoms with E-state index < -0.39 is 11.5 Å². The first kappa shape index (κ1) is 19.0. The first-order chi connectivity index (χ1) is 15.1. The fraction of sp³-hybridized carbons (Fsp3) is 0.167. The number of Topliss-reactive ketones (excluding diaryl/α,β-unsaturated/α-hetero) is 1. The first-order valence-corrected chi connectivity index (χ1v) is 10.2. The predicted octanol–water partition coefficient (Wildman–Crippen LogP) is 3.16. The van der Waals surface area contributed by atoms with Gasteiger partial charge in [-0.3, -0.25) is 19.0 Å². The van der Waals surface area contributed by atoms with Gasteiger partial charge in [-0.15, -0.1) is 0 Å². The van der Waals surface area contributed by atoms with Gasteiger partial charge in [0.2, 0.25) is 0 Å². The zero-order valence-corrected chi connectivity index (χ0v) is 16.7. The zero-order chi connectivity index (χ0) is 21.4. The number of aromatic amines is 1. The number of aryl methyl sites for hydroxylation is 1. The quantitative estimate of drug-likeness (QED) is 0.538. The van der Waals surface area contributed by atoms with Crippen molar-refractivity contribution in [3.05, 3.63) is 93.7 Å². The number of aromatic nitrogens is 3. The molecule has 2 N–H and O–H groups in total. The Balaban J connectivity index is 1.31. The van der Waals surface area contributed by atoms with Crippen molar-refractivity contribution in [2.75, 3.05) is 0 Å². The van der Waals surface area contributed by atoms with Crippen molar-refractivity contribution in [1.82, 2.24) is 19.9 Å². The molecule has 7 nitrogen and oxygen atoms in total. The lowest BCUT2D eigenvalue weighted by atomic mass is 9.93. The summed E-state index contributed by atoms with van der Waals surface area (Å²) >= 11 is 0. The highest BCUT2D eigenvalue weighted by Crippen LogP contribution is 2.20. The summed E-state index contributed by atoms with van der Waals surface area (Å²) in [4.78, 5) is 44.1. The van der Waals surface area contributed by atoms with Crippen LogP contribution in [0, 0.1) is 0 Å². The van der Waals surface area contributed by atoms with E-state index in [-0.39, 0.29) is 17.9 Å². The Morgan fingerprint density at radius 1 is 1.06 bits per heavy atom. The highest BCUT2D eigenvalue weighted by molar-refractivity contribution is 6.01. The van der Waals surface area contributed by atoms with Crippen LogP contribution in [0.1, 0.15) is 44.8 Å². The lowest BCUT2D eigenvalue weighted by Crippen LogP contribution is -2.31. The molecule has 2 aromatic heterocycles. The second kappa shape index (κ2) is 7.68. The number of pyridine rings is 1. The van der Waals surface area contributed by atoms with Crippen LogP contribution < -0.4 is 10.9 Å². The van der Waals surface area contributed by atoms with Crippen LogP contribution in [-0.4, -0.2) is 26.2 Å². The summed E-state index contributed by atoms with van der Waals surface area (Å²) in [5.74, 6) is -0.527. The normalized spacial score (nSPS) is 13.2. The highest BCUT2D eigenvalue weighted by Gasteiger charge is 2.22. The molecule has 0 radical (unpaired) electrons. The molecule has 0 fully saturated rings. The van der Waals surface area contributed by atoms with Crippen LogP contribution in [0.3, 0.4) is 0 Å². The maximum absolute atomic E-state index is 12.6. The maximum atomic E-state index is 12.6. The summed E-state index contributed by atoms with van der Waals surface area (Å²) in [5, 5.41) is 2.77. The smallest absolute Gasteiger partial charge is 0.261 e. The van der Waals surface area contributed by atoms with E-state index in [1.54, 1.807) is 6.33 Å². The SMILES string of the molecule is O=C1CCCc2[nH]c(=O)c(C(=O)NCc3ccc(-n4cnc5ccccc54)cc3)cc21. The number of H-pyrrole nitrogens is 1. The highest BCUT2D eigenvalue weighted by atomic mass is 16.2. The molecule has 0 saturated heterocycles. The molecule has 2 aromatic carbocycles. The number of carbonyl (C=O) groups is 2. The van der Waals surface area contributed by atoms with Gasteiger partial charge < -0.3 is 10.3 Å². The Bertz CT molecular complexity index is 1370. The van der Waals surface area contributed by atoms with Crippen molar-refractivity contribution in [2.24, 2.45) is 0 Å². The largest absolute Gasteiger partial charge is 0.348 e. The number of amides is 1. The standard InChI is InChI=1S/C24H20N4O3/c29-22-7-3-5-19-17(22)12-18(24(31)27-19)23(30)25-13-15-8-10-16(11-9-15)28-14-26-20-4-1-2-6-21(20)28/h1-2,4,6,8-12,14H,3,5,7,13H2,(H,25,30)(H,27,31).